The van der Waals surface area contributed by atoms with Crippen molar-refractivity contribution >= 4 is 15.9 Å². The summed E-state index contributed by atoms with van der Waals surface area (Å²) in [6, 6.07) is 2.17. The summed E-state index contributed by atoms with van der Waals surface area (Å²) in [5.74, 6) is -0.311. The van der Waals surface area contributed by atoms with Gasteiger partial charge in [-0.25, -0.2) is 13.5 Å². The summed E-state index contributed by atoms with van der Waals surface area (Å²) in [6.45, 7) is 1.55. The van der Waals surface area contributed by atoms with E-state index in [-0.39, 0.29) is 10.2 Å². The number of hydrogen-bond donors (Lipinski definition) is 1. The quantitative estimate of drug-likeness (QED) is 0.849. The van der Waals surface area contributed by atoms with Crippen LogP contribution in [-0.2, 0) is 6.54 Å². The molecule has 2 aromatic rings. The van der Waals surface area contributed by atoms with Crippen molar-refractivity contribution in [1.82, 2.24) is 20.3 Å². The molecule has 0 amide bonds. The fraction of sp³-hybridized carbons (Fsp3) is 0.385. The Morgan fingerprint density at radius 1 is 1.30 bits per heavy atom. The molecule has 0 spiro atoms. The fourth-order valence-corrected chi connectivity index (χ4v) is 2.23. The minimum Gasteiger partial charge on any atom is -0.311 e. The number of aromatic nitrogens is 3. The topological polar surface area (TPSA) is 42.7 Å². The lowest BCUT2D eigenvalue weighted by Gasteiger charge is -2.03. The van der Waals surface area contributed by atoms with Crippen LogP contribution in [-0.4, -0.2) is 21.5 Å². The molecule has 20 heavy (non-hydrogen) atoms. The van der Waals surface area contributed by atoms with Crippen molar-refractivity contribution in [3.05, 3.63) is 40.1 Å². The van der Waals surface area contributed by atoms with E-state index in [9.17, 15) is 8.78 Å². The van der Waals surface area contributed by atoms with Crippen molar-refractivity contribution in [2.45, 2.75) is 19.4 Å². The second kappa shape index (κ2) is 5.57. The first kappa shape index (κ1) is 13.6. The molecular weight excluding hydrogens is 330 g/mol. The van der Waals surface area contributed by atoms with Crippen molar-refractivity contribution in [2.24, 2.45) is 5.92 Å². The number of nitrogens with zero attached hydrogens (tertiary/aromatic N) is 3. The number of rotatable bonds is 5. The monoisotopic (exact) mass is 342 g/mol. The number of halogens is 3. The Balaban J connectivity index is 1.73. The highest BCUT2D eigenvalue weighted by Crippen LogP contribution is 2.27. The maximum absolute atomic E-state index is 13.8. The Bertz CT molecular complexity index is 625. The average Bonchev–Trinajstić information content (AvgIpc) is 3.11. The molecule has 1 aliphatic carbocycles. The van der Waals surface area contributed by atoms with Crippen LogP contribution < -0.4 is 5.32 Å². The third kappa shape index (κ3) is 3.04. The Morgan fingerprint density at radius 2 is 2.10 bits per heavy atom. The molecule has 7 heteroatoms. The number of hydrogen-bond acceptors (Lipinski definition) is 3. The lowest BCUT2D eigenvalue weighted by molar-refractivity contribution is 0.579. The van der Waals surface area contributed by atoms with Gasteiger partial charge < -0.3 is 5.32 Å². The molecule has 1 aromatic heterocycles. The van der Waals surface area contributed by atoms with E-state index in [0.717, 1.165) is 24.6 Å². The number of nitrogens with one attached hydrogen (secondary N) is 1. The van der Waals surface area contributed by atoms with Gasteiger partial charge in [0, 0.05) is 12.6 Å². The van der Waals surface area contributed by atoms with Gasteiger partial charge in [0.1, 0.15) is 17.3 Å². The molecule has 1 N–H and O–H groups in total. The maximum atomic E-state index is 13.8. The van der Waals surface area contributed by atoms with Crippen LogP contribution in [0.5, 0.6) is 0 Å². The molecule has 0 radical (unpaired) electrons. The predicted molar refractivity (Wildman–Crippen MR) is 73.4 cm³/mol. The molecule has 1 saturated carbocycles. The molecule has 0 unspecified atom stereocenters. The summed E-state index contributed by atoms with van der Waals surface area (Å²) in [5, 5.41) is 11.1. The van der Waals surface area contributed by atoms with E-state index in [1.54, 1.807) is 6.20 Å². The lowest BCUT2D eigenvalue weighted by atomic mass is 10.3. The second-order valence-corrected chi connectivity index (χ2v) is 5.80. The normalized spacial score (nSPS) is 14.8. The van der Waals surface area contributed by atoms with Crippen LogP contribution in [0.3, 0.4) is 0 Å². The summed E-state index contributed by atoms with van der Waals surface area (Å²) >= 11 is 2.94. The molecular formula is C13H13BrF2N4. The molecule has 1 fully saturated rings. The smallest absolute Gasteiger partial charge is 0.150 e. The summed E-state index contributed by atoms with van der Waals surface area (Å²) in [4.78, 5) is 0. The van der Waals surface area contributed by atoms with Gasteiger partial charge in [0.2, 0.25) is 0 Å². The second-order valence-electron chi connectivity index (χ2n) is 4.95. The van der Waals surface area contributed by atoms with E-state index < -0.39 is 11.6 Å². The van der Waals surface area contributed by atoms with Crippen LogP contribution >= 0.6 is 15.9 Å². The van der Waals surface area contributed by atoms with Crippen molar-refractivity contribution in [1.29, 1.82) is 0 Å². The molecule has 0 atom stereocenters. The van der Waals surface area contributed by atoms with Crippen LogP contribution in [0.1, 0.15) is 18.5 Å². The van der Waals surface area contributed by atoms with E-state index >= 15 is 0 Å². The molecule has 0 bridgehead atoms. The summed E-state index contributed by atoms with van der Waals surface area (Å²) in [6.07, 6.45) is 4.16. The Hall–Kier alpha value is -1.34. The van der Waals surface area contributed by atoms with Gasteiger partial charge in [0.25, 0.3) is 0 Å². The SMILES string of the molecule is Fc1cc(-n2cc(CNCC3CC3)nn2)c(F)cc1Br. The molecule has 0 aliphatic heterocycles. The van der Waals surface area contributed by atoms with E-state index in [1.807, 2.05) is 0 Å². The molecule has 3 rings (SSSR count). The average molecular weight is 343 g/mol. The van der Waals surface area contributed by atoms with Gasteiger partial charge in [-0.3, -0.25) is 0 Å². The summed E-state index contributed by atoms with van der Waals surface area (Å²) in [7, 11) is 0. The third-order valence-electron chi connectivity index (χ3n) is 3.21. The molecule has 4 nitrogen and oxygen atoms in total. The van der Waals surface area contributed by atoms with Gasteiger partial charge in [-0.1, -0.05) is 5.21 Å². The predicted octanol–water partition coefficient (Wildman–Crippen LogP) is 2.81. The van der Waals surface area contributed by atoms with Crippen LogP contribution in [0, 0.1) is 17.6 Å². The minimum atomic E-state index is -0.555. The summed E-state index contributed by atoms with van der Waals surface area (Å²) in [5.41, 5.74) is 0.750. The van der Waals surface area contributed by atoms with Crippen molar-refractivity contribution in [3.8, 4) is 5.69 Å². The van der Waals surface area contributed by atoms with Crippen LogP contribution in [0.4, 0.5) is 8.78 Å². The van der Waals surface area contributed by atoms with Gasteiger partial charge in [0.15, 0.2) is 0 Å². The van der Waals surface area contributed by atoms with Crippen LogP contribution in [0.2, 0.25) is 0 Å². The van der Waals surface area contributed by atoms with Gasteiger partial charge in [-0.05, 0) is 47.3 Å². The molecule has 106 valence electrons. The largest absolute Gasteiger partial charge is 0.311 e. The minimum absolute atomic E-state index is 0.0478. The zero-order chi connectivity index (χ0) is 14.1. The fourth-order valence-electron chi connectivity index (χ4n) is 1.91. The molecule has 1 heterocycles. The lowest BCUT2D eigenvalue weighted by Crippen LogP contribution is -2.16. The zero-order valence-electron chi connectivity index (χ0n) is 10.6. The zero-order valence-corrected chi connectivity index (χ0v) is 12.2. The first-order chi connectivity index (χ1) is 9.63. The van der Waals surface area contributed by atoms with Gasteiger partial charge in [-0.15, -0.1) is 5.10 Å². The summed E-state index contributed by atoms with van der Waals surface area (Å²) < 4.78 is 28.6. The first-order valence-electron chi connectivity index (χ1n) is 6.40. The Kier molecular flexibility index (Phi) is 3.80. The first-order valence-corrected chi connectivity index (χ1v) is 7.19. The van der Waals surface area contributed by atoms with Gasteiger partial charge in [-0.2, -0.15) is 0 Å². The van der Waals surface area contributed by atoms with Crippen LogP contribution in [0.25, 0.3) is 5.69 Å². The molecule has 1 aliphatic rings. The molecule has 0 saturated heterocycles. The van der Waals surface area contributed by atoms with Crippen molar-refractivity contribution in [3.63, 3.8) is 0 Å². The standard InChI is InChI=1S/C13H13BrF2N4/c14-10-3-12(16)13(4-11(10)15)20-7-9(18-19-20)6-17-5-8-1-2-8/h3-4,7-8,17H,1-2,5-6H2. The Labute approximate surface area is 123 Å². The van der Waals surface area contributed by atoms with Gasteiger partial charge in [0.05, 0.1) is 16.4 Å². The maximum Gasteiger partial charge on any atom is 0.150 e. The highest BCUT2D eigenvalue weighted by atomic mass is 79.9. The van der Waals surface area contributed by atoms with E-state index in [2.05, 4.69) is 31.6 Å². The highest BCUT2D eigenvalue weighted by Gasteiger charge is 2.20. The van der Waals surface area contributed by atoms with E-state index in [0.29, 0.717) is 12.2 Å². The van der Waals surface area contributed by atoms with E-state index in [4.69, 9.17) is 0 Å². The third-order valence-corrected chi connectivity index (χ3v) is 3.82. The van der Waals surface area contributed by atoms with Gasteiger partial charge >= 0.3 is 0 Å². The van der Waals surface area contributed by atoms with E-state index in [1.165, 1.54) is 17.5 Å². The van der Waals surface area contributed by atoms with Crippen LogP contribution in [0.15, 0.2) is 22.8 Å². The van der Waals surface area contributed by atoms with Crippen molar-refractivity contribution < 1.29 is 8.78 Å². The molecule has 1 aromatic carbocycles. The Morgan fingerprint density at radius 3 is 2.85 bits per heavy atom. The van der Waals surface area contributed by atoms with Crippen molar-refractivity contribution in [2.75, 3.05) is 6.54 Å². The number of benzene rings is 1. The highest BCUT2D eigenvalue weighted by molar-refractivity contribution is 9.10.